The maximum Gasteiger partial charge on any atom is 0.339 e. The molecule has 3 aromatic rings. The Morgan fingerprint density at radius 2 is 1.69 bits per heavy atom. The summed E-state index contributed by atoms with van der Waals surface area (Å²) in [6.45, 7) is 5.74. The van der Waals surface area contributed by atoms with Crippen LogP contribution in [0.2, 0.25) is 0 Å². The molecule has 1 aliphatic heterocycles. The number of sulfonamides is 1. The fourth-order valence-corrected chi connectivity index (χ4v) is 6.06. The van der Waals surface area contributed by atoms with Crippen LogP contribution in [0, 0.1) is 0 Å². The zero-order valence-electron chi connectivity index (χ0n) is 18.2. The van der Waals surface area contributed by atoms with Gasteiger partial charge < -0.3 is 9.84 Å². The van der Waals surface area contributed by atoms with Crippen molar-refractivity contribution < 1.29 is 23.1 Å². The smallest absolute Gasteiger partial charge is 0.339 e. The number of fused-ring (bicyclic) bond motifs is 3. The Bertz CT molecular complexity index is 1300. The lowest BCUT2D eigenvalue weighted by Gasteiger charge is -2.37. The number of benzene rings is 3. The molecule has 0 bridgehead atoms. The van der Waals surface area contributed by atoms with Crippen LogP contribution < -0.4 is 9.04 Å². The number of ether oxygens (including phenoxy) is 1. The molecule has 6 nitrogen and oxygen atoms in total. The number of aryl methyl sites for hydroxylation is 1. The lowest BCUT2D eigenvalue weighted by molar-refractivity contribution is 0.0692. The van der Waals surface area contributed by atoms with Crippen molar-refractivity contribution in [2.75, 3.05) is 10.9 Å². The first kappa shape index (κ1) is 21.9. The van der Waals surface area contributed by atoms with Gasteiger partial charge in [-0.15, -0.1) is 0 Å². The summed E-state index contributed by atoms with van der Waals surface area (Å²) in [4.78, 5) is 11.9. The highest BCUT2D eigenvalue weighted by molar-refractivity contribution is 7.92. The van der Waals surface area contributed by atoms with E-state index in [1.54, 1.807) is 19.1 Å². The summed E-state index contributed by atoms with van der Waals surface area (Å²) >= 11 is 0. The van der Waals surface area contributed by atoms with E-state index in [1.165, 1.54) is 16.4 Å². The summed E-state index contributed by atoms with van der Waals surface area (Å²) in [6, 6.07) is 17.4. The van der Waals surface area contributed by atoms with Gasteiger partial charge >= 0.3 is 5.97 Å². The molecule has 0 aromatic heterocycles. The van der Waals surface area contributed by atoms with Gasteiger partial charge in [0.15, 0.2) is 0 Å². The predicted molar refractivity (Wildman–Crippen MR) is 124 cm³/mol. The van der Waals surface area contributed by atoms with Crippen molar-refractivity contribution in [3.05, 3.63) is 77.4 Å². The van der Waals surface area contributed by atoms with Crippen LogP contribution in [0.15, 0.2) is 65.6 Å². The first-order valence-electron chi connectivity index (χ1n) is 10.6. The van der Waals surface area contributed by atoms with Crippen molar-refractivity contribution >= 4 is 21.7 Å². The topological polar surface area (TPSA) is 83.9 Å². The summed E-state index contributed by atoms with van der Waals surface area (Å²) in [7, 11) is -4.07. The van der Waals surface area contributed by atoms with Gasteiger partial charge in [-0.1, -0.05) is 49.4 Å². The van der Waals surface area contributed by atoms with Gasteiger partial charge in [0.25, 0.3) is 10.0 Å². The summed E-state index contributed by atoms with van der Waals surface area (Å²) in [6.07, 6.45) is 0.438. The molecule has 7 heteroatoms. The van der Waals surface area contributed by atoms with Gasteiger partial charge in [-0.25, -0.2) is 13.2 Å². The maximum absolute atomic E-state index is 14.0. The number of hydrogen-bond donors (Lipinski definition) is 1. The van der Waals surface area contributed by atoms with Crippen LogP contribution in [-0.4, -0.2) is 26.1 Å². The van der Waals surface area contributed by atoms with Gasteiger partial charge in [-0.2, -0.15) is 0 Å². The molecule has 0 aliphatic carbocycles. The first-order valence-corrected chi connectivity index (χ1v) is 12.0. The van der Waals surface area contributed by atoms with E-state index in [9.17, 15) is 18.3 Å². The van der Waals surface area contributed by atoms with E-state index in [0.717, 1.165) is 16.7 Å². The second kappa shape index (κ2) is 8.31. The largest absolute Gasteiger partial charge is 0.493 e. The minimum Gasteiger partial charge on any atom is -0.493 e. The number of anilines is 1. The van der Waals surface area contributed by atoms with Crippen molar-refractivity contribution in [2.24, 2.45) is 0 Å². The van der Waals surface area contributed by atoms with Gasteiger partial charge in [-0.3, -0.25) is 4.31 Å². The molecule has 1 N–H and O–H groups in total. The molecule has 1 atom stereocenters. The Kier molecular flexibility index (Phi) is 5.69. The van der Waals surface area contributed by atoms with E-state index in [0.29, 0.717) is 17.7 Å². The number of carbonyl (C=O) groups is 1. The van der Waals surface area contributed by atoms with Crippen LogP contribution in [0.4, 0.5) is 5.69 Å². The third kappa shape index (κ3) is 3.42. The minimum absolute atomic E-state index is 0.0590. The highest BCUT2D eigenvalue weighted by atomic mass is 32.2. The highest BCUT2D eigenvalue weighted by Crippen LogP contribution is 2.47. The van der Waals surface area contributed by atoms with E-state index < -0.39 is 22.0 Å². The second-order valence-corrected chi connectivity index (χ2v) is 9.45. The third-order valence-corrected chi connectivity index (χ3v) is 7.65. The van der Waals surface area contributed by atoms with E-state index in [1.807, 2.05) is 50.2 Å². The number of carboxylic acid groups (broad SMARTS) is 1. The van der Waals surface area contributed by atoms with Crippen LogP contribution in [-0.2, 0) is 16.4 Å². The van der Waals surface area contributed by atoms with Crippen LogP contribution in [0.25, 0.3) is 11.1 Å². The summed E-state index contributed by atoms with van der Waals surface area (Å²) in [5.41, 5.74) is 3.68. The quantitative estimate of drug-likeness (QED) is 0.551. The Morgan fingerprint density at radius 3 is 2.34 bits per heavy atom. The number of rotatable bonds is 6. The second-order valence-electron chi connectivity index (χ2n) is 7.63. The van der Waals surface area contributed by atoms with Crippen molar-refractivity contribution in [1.29, 1.82) is 0 Å². The lowest BCUT2D eigenvalue weighted by Crippen LogP contribution is -2.36. The van der Waals surface area contributed by atoms with Crippen LogP contribution >= 0.6 is 0 Å². The van der Waals surface area contributed by atoms with Crippen molar-refractivity contribution in [2.45, 2.75) is 38.1 Å². The van der Waals surface area contributed by atoms with Gasteiger partial charge in [0.05, 0.1) is 23.2 Å². The molecule has 1 unspecified atom stereocenters. The SMILES string of the molecule is CCOc1c(CC)cc(S(=O)(=O)N2c3ccccc3-c3ccccc3C2C)cc1C(=O)O. The Balaban J connectivity index is 1.95. The normalized spacial score (nSPS) is 15.1. The number of carboxylic acids is 1. The summed E-state index contributed by atoms with van der Waals surface area (Å²) < 4.78 is 34.9. The van der Waals surface area contributed by atoms with Crippen LogP contribution in [0.3, 0.4) is 0 Å². The molecule has 0 saturated carbocycles. The number of nitrogens with zero attached hydrogens (tertiary/aromatic N) is 1. The molecule has 0 amide bonds. The number of hydrogen-bond acceptors (Lipinski definition) is 4. The van der Waals surface area contributed by atoms with Gasteiger partial charge in [0.1, 0.15) is 11.3 Å². The Hall–Kier alpha value is -3.32. The zero-order chi connectivity index (χ0) is 23.0. The molecule has 4 rings (SSSR count). The standard InChI is InChI=1S/C25H25NO5S/c1-4-17-14-18(15-22(25(27)28)24(17)31-5-2)32(29,30)26-16(3)19-10-6-7-11-20(19)21-12-8-9-13-23(21)26/h6-16H,4-5H2,1-3H3,(H,27,28). The molecule has 3 aromatic carbocycles. The van der Waals surface area contributed by atoms with Crippen LogP contribution in [0.1, 0.15) is 48.3 Å². The molecule has 0 spiro atoms. The van der Waals surface area contributed by atoms with Gasteiger partial charge in [0.2, 0.25) is 0 Å². The molecular weight excluding hydrogens is 426 g/mol. The third-order valence-electron chi connectivity index (χ3n) is 5.79. The van der Waals surface area contributed by atoms with Crippen LogP contribution in [0.5, 0.6) is 5.75 Å². The highest BCUT2D eigenvalue weighted by Gasteiger charge is 2.37. The molecule has 1 heterocycles. The van der Waals surface area contributed by atoms with E-state index in [4.69, 9.17) is 4.74 Å². The minimum atomic E-state index is -4.07. The van der Waals surface area contributed by atoms with Gasteiger partial charge in [-0.05, 0) is 55.2 Å². The monoisotopic (exact) mass is 451 g/mol. The Morgan fingerprint density at radius 1 is 1.03 bits per heavy atom. The molecule has 0 saturated heterocycles. The summed E-state index contributed by atoms with van der Waals surface area (Å²) in [5.74, 6) is -1.00. The fraction of sp³-hybridized carbons (Fsp3) is 0.240. The molecular formula is C25H25NO5S. The average Bonchev–Trinajstić information content (AvgIpc) is 2.79. The predicted octanol–water partition coefficient (Wildman–Crippen LogP) is 5.28. The molecule has 1 aliphatic rings. The van der Waals surface area contributed by atoms with Crippen molar-refractivity contribution in [1.82, 2.24) is 0 Å². The van der Waals surface area contributed by atoms with E-state index >= 15 is 0 Å². The van der Waals surface area contributed by atoms with Crippen molar-refractivity contribution in [3.63, 3.8) is 0 Å². The zero-order valence-corrected chi connectivity index (χ0v) is 19.0. The first-order chi connectivity index (χ1) is 15.3. The van der Waals surface area contributed by atoms with E-state index in [-0.39, 0.29) is 22.8 Å². The lowest BCUT2D eigenvalue weighted by atomic mass is 9.90. The van der Waals surface area contributed by atoms with Crippen molar-refractivity contribution in [3.8, 4) is 16.9 Å². The maximum atomic E-state index is 14.0. The fourth-order valence-electron chi connectivity index (χ4n) is 4.33. The van der Waals surface area contributed by atoms with Gasteiger partial charge in [0, 0.05) is 5.56 Å². The molecule has 166 valence electrons. The average molecular weight is 452 g/mol. The number of para-hydroxylation sites is 1. The van der Waals surface area contributed by atoms with E-state index in [2.05, 4.69) is 0 Å². The number of aromatic carboxylic acids is 1. The summed E-state index contributed by atoms with van der Waals surface area (Å²) in [5, 5.41) is 9.76. The molecule has 0 fully saturated rings. The molecule has 0 radical (unpaired) electrons. The Labute approximate surface area is 188 Å². The molecule has 32 heavy (non-hydrogen) atoms.